The first-order chi connectivity index (χ1) is 8.54. The van der Waals surface area contributed by atoms with Crippen molar-refractivity contribution in [3.63, 3.8) is 0 Å². The van der Waals surface area contributed by atoms with Crippen molar-refractivity contribution in [1.29, 1.82) is 0 Å². The highest BCUT2D eigenvalue weighted by atomic mass is 19.1. The molecular weight excluding hydrogens is 229 g/mol. The lowest BCUT2D eigenvalue weighted by molar-refractivity contribution is 0.631. The molecule has 94 valence electrons. The van der Waals surface area contributed by atoms with Crippen LogP contribution >= 0.6 is 0 Å². The summed E-state index contributed by atoms with van der Waals surface area (Å²) in [5.74, 6) is 0.413. The van der Waals surface area contributed by atoms with Gasteiger partial charge in [-0.2, -0.15) is 0 Å². The number of hydrogen-bond acceptors (Lipinski definition) is 3. The van der Waals surface area contributed by atoms with Gasteiger partial charge in [-0.05, 0) is 50.5 Å². The second kappa shape index (κ2) is 5.12. The number of benzene rings is 1. The summed E-state index contributed by atoms with van der Waals surface area (Å²) in [5, 5.41) is 0. The van der Waals surface area contributed by atoms with Gasteiger partial charge in [0.05, 0.1) is 5.69 Å². The minimum Gasteiger partial charge on any atom is -0.396 e. The van der Waals surface area contributed by atoms with Crippen LogP contribution in [0.5, 0.6) is 0 Å². The first-order valence-corrected chi connectivity index (χ1v) is 5.89. The Hall–Kier alpha value is -1.97. The number of rotatable bonds is 3. The number of nitrogens with zero attached hydrogens (tertiary/aromatic N) is 2. The van der Waals surface area contributed by atoms with Crippen molar-refractivity contribution in [2.24, 2.45) is 0 Å². The number of aromatic nitrogens is 2. The fraction of sp³-hybridized carbons (Fsp3) is 0.286. The van der Waals surface area contributed by atoms with E-state index in [1.807, 2.05) is 19.9 Å². The molecule has 0 aliphatic carbocycles. The van der Waals surface area contributed by atoms with Crippen molar-refractivity contribution in [2.75, 3.05) is 5.73 Å². The molecule has 0 aliphatic heterocycles. The Kier molecular flexibility index (Phi) is 3.55. The molecule has 3 nitrogen and oxygen atoms in total. The highest BCUT2D eigenvalue weighted by Crippen LogP contribution is 2.14. The molecule has 0 bridgehead atoms. The van der Waals surface area contributed by atoms with Gasteiger partial charge >= 0.3 is 0 Å². The van der Waals surface area contributed by atoms with E-state index in [4.69, 9.17) is 5.73 Å². The van der Waals surface area contributed by atoms with Crippen LogP contribution in [-0.2, 0) is 12.8 Å². The molecule has 2 N–H and O–H groups in total. The summed E-state index contributed by atoms with van der Waals surface area (Å²) < 4.78 is 13.0. The third-order valence-corrected chi connectivity index (χ3v) is 2.75. The number of anilines is 1. The fourth-order valence-corrected chi connectivity index (χ4v) is 1.94. The molecule has 0 radical (unpaired) electrons. The summed E-state index contributed by atoms with van der Waals surface area (Å²) in [6.07, 6.45) is 1.59. The van der Waals surface area contributed by atoms with E-state index in [0.717, 1.165) is 35.6 Å². The molecule has 1 aromatic carbocycles. The highest BCUT2D eigenvalue weighted by molar-refractivity contribution is 5.42. The Bertz CT molecular complexity index is 547. The molecule has 0 saturated heterocycles. The molecule has 4 heteroatoms. The molecule has 0 aliphatic rings. The minimum atomic E-state index is -0.368. The van der Waals surface area contributed by atoms with Gasteiger partial charge < -0.3 is 5.73 Å². The average molecular weight is 245 g/mol. The lowest BCUT2D eigenvalue weighted by Crippen LogP contribution is -2.00. The SMILES string of the molecule is Cc1cc(CCc2ccc(F)c(N)c2)nc(C)n1. The molecule has 0 fully saturated rings. The van der Waals surface area contributed by atoms with Crippen molar-refractivity contribution in [1.82, 2.24) is 9.97 Å². The van der Waals surface area contributed by atoms with Crippen molar-refractivity contribution in [3.8, 4) is 0 Å². The summed E-state index contributed by atoms with van der Waals surface area (Å²) in [4.78, 5) is 8.61. The van der Waals surface area contributed by atoms with Crippen LogP contribution in [0.2, 0.25) is 0 Å². The van der Waals surface area contributed by atoms with E-state index in [1.165, 1.54) is 6.07 Å². The summed E-state index contributed by atoms with van der Waals surface area (Å²) in [7, 11) is 0. The lowest BCUT2D eigenvalue weighted by Gasteiger charge is -2.05. The van der Waals surface area contributed by atoms with E-state index in [9.17, 15) is 4.39 Å². The van der Waals surface area contributed by atoms with E-state index in [0.29, 0.717) is 0 Å². The van der Waals surface area contributed by atoms with E-state index >= 15 is 0 Å². The number of aryl methyl sites for hydroxylation is 4. The predicted molar refractivity (Wildman–Crippen MR) is 69.7 cm³/mol. The Balaban J connectivity index is 2.08. The Morgan fingerprint density at radius 2 is 1.89 bits per heavy atom. The monoisotopic (exact) mass is 245 g/mol. The maximum Gasteiger partial charge on any atom is 0.146 e. The smallest absolute Gasteiger partial charge is 0.146 e. The van der Waals surface area contributed by atoms with Gasteiger partial charge in [-0.3, -0.25) is 0 Å². The average Bonchev–Trinajstić information content (AvgIpc) is 2.29. The normalized spacial score (nSPS) is 10.6. The molecule has 0 spiro atoms. The summed E-state index contributed by atoms with van der Waals surface area (Å²) in [6.45, 7) is 3.83. The van der Waals surface area contributed by atoms with E-state index in [-0.39, 0.29) is 11.5 Å². The van der Waals surface area contributed by atoms with Crippen LogP contribution < -0.4 is 5.73 Å². The molecular formula is C14H16FN3. The summed E-state index contributed by atoms with van der Waals surface area (Å²) in [5.41, 5.74) is 8.72. The van der Waals surface area contributed by atoms with E-state index in [2.05, 4.69) is 9.97 Å². The van der Waals surface area contributed by atoms with Gasteiger partial charge in [-0.15, -0.1) is 0 Å². The Labute approximate surface area is 106 Å². The van der Waals surface area contributed by atoms with Crippen molar-refractivity contribution < 1.29 is 4.39 Å². The van der Waals surface area contributed by atoms with E-state index in [1.54, 1.807) is 12.1 Å². The van der Waals surface area contributed by atoms with E-state index < -0.39 is 0 Å². The number of hydrogen-bond donors (Lipinski definition) is 1. The standard InChI is InChI=1S/C14H16FN3/c1-9-7-12(18-10(2)17-9)5-3-11-4-6-13(15)14(16)8-11/h4,6-8H,3,5,16H2,1-2H3. The third kappa shape index (κ3) is 3.03. The zero-order valence-corrected chi connectivity index (χ0v) is 10.6. The quantitative estimate of drug-likeness (QED) is 0.846. The minimum absolute atomic E-state index is 0.197. The molecule has 18 heavy (non-hydrogen) atoms. The van der Waals surface area contributed by atoms with Gasteiger partial charge in [0.15, 0.2) is 0 Å². The van der Waals surface area contributed by atoms with Crippen LogP contribution in [-0.4, -0.2) is 9.97 Å². The molecule has 0 saturated carbocycles. The molecule has 0 atom stereocenters. The highest BCUT2D eigenvalue weighted by Gasteiger charge is 2.03. The largest absolute Gasteiger partial charge is 0.396 e. The van der Waals surface area contributed by atoms with Gasteiger partial charge in [-0.25, -0.2) is 14.4 Å². The maximum atomic E-state index is 13.0. The fourth-order valence-electron chi connectivity index (χ4n) is 1.94. The van der Waals surface area contributed by atoms with Crippen LogP contribution in [0.25, 0.3) is 0 Å². The second-order valence-corrected chi connectivity index (χ2v) is 4.40. The van der Waals surface area contributed by atoms with Gasteiger partial charge in [-0.1, -0.05) is 6.07 Å². The van der Waals surface area contributed by atoms with Crippen molar-refractivity contribution in [2.45, 2.75) is 26.7 Å². The summed E-state index contributed by atoms with van der Waals surface area (Å²) >= 11 is 0. The van der Waals surface area contributed by atoms with Gasteiger partial charge in [0.2, 0.25) is 0 Å². The molecule has 1 aromatic heterocycles. The predicted octanol–water partition coefficient (Wildman–Crippen LogP) is 2.60. The number of nitrogens with two attached hydrogens (primary N) is 1. The Morgan fingerprint density at radius 3 is 2.56 bits per heavy atom. The second-order valence-electron chi connectivity index (χ2n) is 4.40. The molecule has 2 rings (SSSR count). The van der Waals surface area contributed by atoms with Gasteiger partial charge in [0, 0.05) is 11.4 Å². The van der Waals surface area contributed by atoms with Crippen molar-refractivity contribution >= 4 is 5.69 Å². The number of nitrogen functional groups attached to an aromatic ring is 1. The molecule has 0 unspecified atom stereocenters. The van der Waals surface area contributed by atoms with Crippen molar-refractivity contribution in [3.05, 3.63) is 52.9 Å². The first-order valence-electron chi connectivity index (χ1n) is 5.89. The Morgan fingerprint density at radius 1 is 1.11 bits per heavy atom. The van der Waals surface area contributed by atoms with Crippen LogP contribution in [0, 0.1) is 19.7 Å². The lowest BCUT2D eigenvalue weighted by atomic mass is 10.1. The van der Waals surface area contributed by atoms with Crippen LogP contribution in [0.3, 0.4) is 0 Å². The number of halogens is 1. The maximum absolute atomic E-state index is 13.0. The summed E-state index contributed by atoms with van der Waals surface area (Å²) in [6, 6.07) is 6.81. The topological polar surface area (TPSA) is 51.8 Å². The van der Waals surface area contributed by atoms with Crippen LogP contribution in [0.1, 0.15) is 22.8 Å². The van der Waals surface area contributed by atoms with Gasteiger partial charge in [0.25, 0.3) is 0 Å². The van der Waals surface area contributed by atoms with Crippen LogP contribution in [0.4, 0.5) is 10.1 Å². The van der Waals surface area contributed by atoms with Gasteiger partial charge in [0.1, 0.15) is 11.6 Å². The molecule has 0 amide bonds. The zero-order valence-electron chi connectivity index (χ0n) is 10.6. The third-order valence-electron chi connectivity index (χ3n) is 2.75. The first kappa shape index (κ1) is 12.5. The molecule has 2 aromatic rings. The molecule has 1 heterocycles. The van der Waals surface area contributed by atoms with Crippen LogP contribution in [0.15, 0.2) is 24.3 Å². The zero-order chi connectivity index (χ0) is 13.1.